The Balaban J connectivity index is 3.59. The number of carbonyl (C=O) groups excluding carboxylic acids is 1. The Hall–Kier alpha value is -1.36. The SMILES string of the molecule is C=CCNC(=O)CNC(C)CCCC(C)C(=O)O. The maximum Gasteiger partial charge on any atom is 0.306 e. The van der Waals surface area contributed by atoms with Gasteiger partial charge in [-0.3, -0.25) is 9.59 Å². The molecule has 0 saturated carbocycles. The van der Waals surface area contributed by atoms with E-state index in [1.54, 1.807) is 13.0 Å². The van der Waals surface area contributed by atoms with Crippen LogP contribution in [-0.2, 0) is 9.59 Å². The summed E-state index contributed by atoms with van der Waals surface area (Å²) < 4.78 is 0. The highest BCUT2D eigenvalue weighted by molar-refractivity contribution is 5.78. The van der Waals surface area contributed by atoms with E-state index < -0.39 is 5.97 Å². The molecular formula is C13H24N2O3. The van der Waals surface area contributed by atoms with Crippen molar-refractivity contribution >= 4 is 11.9 Å². The number of amides is 1. The molecule has 0 rings (SSSR count). The second-order valence-electron chi connectivity index (χ2n) is 4.54. The van der Waals surface area contributed by atoms with Gasteiger partial charge in [-0.25, -0.2) is 0 Å². The van der Waals surface area contributed by atoms with Gasteiger partial charge >= 0.3 is 5.97 Å². The molecular weight excluding hydrogens is 232 g/mol. The third-order valence-corrected chi connectivity index (χ3v) is 2.75. The molecule has 0 aromatic heterocycles. The monoisotopic (exact) mass is 256 g/mol. The Morgan fingerprint density at radius 1 is 1.33 bits per heavy atom. The fourth-order valence-electron chi connectivity index (χ4n) is 1.47. The van der Waals surface area contributed by atoms with Crippen LogP contribution in [0.3, 0.4) is 0 Å². The number of carboxylic acids is 1. The van der Waals surface area contributed by atoms with Crippen molar-refractivity contribution in [2.45, 2.75) is 39.2 Å². The zero-order chi connectivity index (χ0) is 14.0. The standard InChI is InChI=1S/C13H24N2O3/c1-4-8-14-12(16)9-15-11(3)7-5-6-10(2)13(17)18/h4,10-11,15H,1,5-9H2,2-3H3,(H,14,16)(H,17,18). The van der Waals surface area contributed by atoms with Gasteiger partial charge in [0.2, 0.25) is 5.91 Å². The summed E-state index contributed by atoms with van der Waals surface area (Å²) in [6.07, 6.45) is 4.01. The lowest BCUT2D eigenvalue weighted by Gasteiger charge is -2.14. The smallest absolute Gasteiger partial charge is 0.306 e. The largest absolute Gasteiger partial charge is 0.481 e. The van der Waals surface area contributed by atoms with E-state index in [1.807, 2.05) is 6.92 Å². The predicted octanol–water partition coefficient (Wildman–Crippen LogP) is 1.16. The van der Waals surface area contributed by atoms with Crippen LogP contribution in [0.2, 0.25) is 0 Å². The number of aliphatic carboxylic acids is 1. The van der Waals surface area contributed by atoms with Gasteiger partial charge in [-0.2, -0.15) is 0 Å². The minimum Gasteiger partial charge on any atom is -0.481 e. The molecule has 0 bridgehead atoms. The lowest BCUT2D eigenvalue weighted by atomic mass is 10.0. The van der Waals surface area contributed by atoms with Crippen molar-refractivity contribution in [3.8, 4) is 0 Å². The first-order chi connectivity index (χ1) is 8.47. The number of hydrogen-bond acceptors (Lipinski definition) is 3. The number of carboxylic acid groups (broad SMARTS) is 1. The molecule has 0 heterocycles. The van der Waals surface area contributed by atoms with Crippen molar-refractivity contribution in [2.24, 2.45) is 5.92 Å². The second kappa shape index (κ2) is 9.65. The van der Waals surface area contributed by atoms with Crippen LogP contribution in [0.1, 0.15) is 33.1 Å². The fraction of sp³-hybridized carbons (Fsp3) is 0.692. The Labute approximate surface area is 109 Å². The van der Waals surface area contributed by atoms with Crippen molar-refractivity contribution in [2.75, 3.05) is 13.1 Å². The third-order valence-electron chi connectivity index (χ3n) is 2.75. The minimum absolute atomic E-state index is 0.0549. The summed E-state index contributed by atoms with van der Waals surface area (Å²) in [5, 5.41) is 14.5. The van der Waals surface area contributed by atoms with Gasteiger partial charge in [-0.1, -0.05) is 19.4 Å². The molecule has 1 amide bonds. The van der Waals surface area contributed by atoms with Crippen LogP contribution >= 0.6 is 0 Å². The molecule has 0 aliphatic heterocycles. The fourth-order valence-corrected chi connectivity index (χ4v) is 1.47. The quantitative estimate of drug-likeness (QED) is 0.512. The van der Waals surface area contributed by atoms with Gasteiger partial charge in [-0.15, -0.1) is 6.58 Å². The summed E-state index contributed by atoms with van der Waals surface area (Å²) in [4.78, 5) is 21.9. The molecule has 0 saturated heterocycles. The number of rotatable bonds is 10. The summed E-state index contributed by atoms with van der Waals surface area (Å²) in [6.45, 7) is 7.98. The molecule has 0 spiro atoms. The second-order valence-corrected chi connectivity index (χ2v) is 4.54. The van der Waals surface area contributed by atoms with Crippen molar-refractivity contribution in [3.63, 3.8) is 0 Å². The van der Waals surface area contributed by atoms with Crippen LogP contribution in [0.5, 0.6) is 0 Å². The van der Waals surface area contributed by atoms with Crippen molar-refractivity contribution in [3.05, 3.63) is 12.7 Å². The summed E-state index contributed by atoms with van der Waals surface area (Å²) in [6, 6.07) is 0.209. The number of hydrogen-bond donors (Lipinski definition) is 3. The maximum atomic E-state index is 11.3. The lowest BCUT2D eigenvalue weighted by Crippen LogP contribution is -2.38. The van der Waals surface area contributed by atoms with Gasteiger partial charge in [0.15, 0.2) is 0 Å². The molecule has 18 heavy (non-hydrogen) atoms. The highest BCUT2D eigenvalue weighted by atomic mass is 16.4. The van der Waals surface area contributed by atoms with E-state index in [2.05, 4.69) is 17.2 Å². The van der Waals surface area contributed by atoms with Crippen LogP contribution in [-0.4, -0.2) is 36.1 Å². The van der Waals surface area contributed by atoms with Gasteiger partial charge in [0.25, 0.3) is 0 Å². The summed E-state index contributed by atoms with van der Waals surface area (Å²) >= 11 is 0. The first-order valence-electron chi connectivity index (χ1n) is 6.31. The summed E-state index contributed by atoms with van der Waals surface area (Å²) in [5.41, 5.74) is 0. The van der Waals surface area contributed by atoms with E-state index in [1.165, 1.54) is 0 Å². The van der Waals surface area contributed by atoms with E-state index in [9.17, 15) is 9.59 Å². The van der Waals surface area contributed by atoms with E-state index in [4.69, 9.17) is 5.11 Å². The van der Waals surface area contributed by atoms with Gasteiger partial charge in [0.1, 0.15) is 0 Å². The molecule has 0 aliphatic carbocycles. The average molecular weight is 256 g/mol. The Kier molecular flexibility index (Phi) is 8.92. The molecule has 0 aromatic rings. The normalized spacial score (nSPS) is 13.7. The summed E-state index contributed by atoms with van der Waals surface area (Å²) in [7, 11) is 0. The Bertz CT molecular complexity index is 279. The molecule has 104 valence electrons. The molecule has 0 fully saturated rings. The van der Waals surface area contributed by atoms with E-state index in [-0.39, 0.29) is 24.4 Å². The van der Waals surface area contributed by atoms with Crippen LogP contribution in [0.15, 0.2) is 12.7 Å². The molecule has 5 nitrogen and oxygen atoms in total. The number of carbonyl (C=O) groups is 2. The minimum atomic E-state index is -0.751. The third kappa shape index (κ3) is 8.75. The molecule has 5 heteroatoms. The Morgan fingerprint density at radius 3 is 2.56 bits per heavy atom. The molecule has 2 unspecified atom stereocenters. The topological polar surface area (TPSA) is 78.4 Å². The zero-order valence-electron chi connectivity index (χ0n) is 11.2. The molecule has 0 aromatic carbocycles. The molecule has 2 atom stereocenters. The molecule has 0 radical (unpaired) electrons. The van der Waals surface area contributed by atoms with Gasteiger partial charge in [0.05, 0.1) is 12.5 Å². The molecule has 3 N–H and O–H groups in total. The maximum absolute atomic E-state index is 11.3. The van der Waals surface area contributed by atoms with Crippen molar-refractivity contribution in [1.29, 1.82) is 0 Å². The predicted molar refractivity (Wildman–Crippen MR) is 71.3 cm³/mol. The summed E-state index contributed by atoms with van der Waals surface area (Å²) in [5.74, 6) is -1.10. The van der Waals surface area contributed by atoms with E-state index >= 15 is 0 Å². The lowest BCUT2D eigenvalue weighted by molar-refractivity contribution is -0.141. The molecule has 0 aliphatic rings. The highest BCUT2D eigenvalue weighted by Gasteiger charge is 2.11. The van der Waals surface area contributed by atoms with Crippen LogP contribution < -0.4 is 10.6 Å². The number of nitrogens with one attached hydrogen (secondary N) is 2. The van der Waals surface area contributed by atoms with Gasteiger partial charge in [0, 0.05) is 12.6 Å². The first-order valence-corrected chi connectivity index (χ1v) is 6.31. The zero-order valence-corrected chi connectivity index (χ0v) is 11.2. The van der Waals surface area contributed by atoms with Gasteiger partial charge in [-0.05, 0) is 19.8 Å². The van der Waals surface area contributed by atoms with Crippen LogP contribution in [0.4, 0.5) is 0 Å². The highest BCUT2D eigenvalue weighted by Crippen LogP contribution is 2.09. The van der Waals surface area contributed by atoms with Gasteiger partial charge < -0.3 is 15.7 Å². The van der Waals surface area contributed by atoms with Crippen molar-refractivity contribution in [1.82, 2.24) is 10.6 Å². The first kappa shape index (κ1) is 16.6. The van der Waals surface area contributed by atoms with Crippen LogP contribution in [0.25, 0.3) is 0 Å². The van der Waals surface area contributed by atoms with Crippen LogP contribution in [0, 0.1) is 5.92 Å². The average Bonchev–Trinajstić information content (AvgIpc) is 2.33. The Morgan fingerprint density at radius 2 is 2.00 bits per heavy atom. The van der Waals surface area contributed by atoms with E-state index in [0.29, 0.717) is 13.0 Å². The van der Waals surface area contributed by atoms with Crippen molar-refractivity contribution < 1.29 is 14.7 Å². The van der Waals surface area contributed by atoms with E-state index in [0.717, 1.165) is 12.8 Å².